The topological polar surface area (TPSA) is 6.48 Å². The van der Waals surface area contributed by atoms with Crippen LogP contribution in [0.5, 0.6) is 0 Å². The van der Waals surface area contributed by atoms with Crippen LogP contribution in [0.2, 0.25) is 0 Å². The summed E-state index contributed by atoms with van der Waals surface area (Å²) in [5.41, 5.74) is 13.0. The number of nitrogens with zero attached hydrogens (tertiary/aromatic N) is 2. The molecule has 4 aromatic carbocycles. The van der Waals surface area contributed by atoms with Crippen molar-refractivity contribution in [3.63, 3.8) is 0 Å². The smallest absolute Gasteiger partial charge is 0.0488 e. The second kappa shape index (κ2) is 7.42. The lowest BCUT2D eigenvalue weighted by molar-refractivity contribution is 0.978. The molecule has 156 valence electrons. The average Bonchev–Trinajstić information content (AvgIpc) is 3.08. The van der Waals surface area contributed by atoms with Crippen molar-refractivity contribution in [1.82, 2.24) is 0 Å². The predicted molar refractivity (Wildman–Crippen MR) is 137 cm³/mol. The summed E-state index contributed by atoms with van der Waals surface area (Å²) >= 11 is 0. The molecule has 0 unspecified atom stereocenters. The van der Waals surface area contributed by atoms with Gasteiger partial charge in [0.05, 0.1) is 0 Å². The normalized spacial score (nSPS) is 14.1. The molecule has 2 nitrogen and oxygen atoms in total. The number of fused-ring (bicyclic) bond motifs is 4. The van der Waals surface area contributed by atoms with E-state index in [0.717, 1.165) is 12.8 Å². The summed E-state index contributed by atoms with van der Waals surface area (Å²) in [7, 11) is 4.35. The largest absolute Gasteiger partial charge is 0.344 e. The van der Waals surface area contributed by atoms with E-state index in [1.165, 1.54) is 56.1 Å². The number of hydrogen-bond donors (Lipinski definition) is 0. The average molecular weight is 415 g/mol. The Morgan fingerprint density at radius 1 is 0.500 bits per heavy atom. The Bertz CT molecular complexity index is 1370. The van der Waals surface area contributed by atoms with E-state index < -0.39 is 0 Å². The summed E-state index contributed by atoms with van der Waals surface area (Å²) in [5, 5.41) is 0. The van der Waals surface area contributed by atoms with Crippen molar-refractivity contribution < 1.29 is 0 Å². The van der Waals surface area contributed by atoms with Gasteiger partial charge in [-0.05, 0) is 76.6 Å². The maximum absolute atomic E-state index is 2.39. The minimum Gasteiger partial charge on any atom is -0.344 e. The van der Waals surface area contributed by atoms with E-state index in [1.807, 2.05) is 0 Å². The van der Waals surface area contributed by atoms with Crippen molar-refractivity contribution in [2.75, 3.05) is 23.9 Å². The molecular weight excluding hydrogens is 388 g/mol. The fourth-order valence-electron chi connectivity index (χ4n) is 5.14. The number of anilines is 4. The molecule has 0 bridgehead atoms. The standard InChI is InChI=1S/C30H26N2/c1-31-27-9-5-3-8-22(27)14-16-26-19-24(17-18-29(26)31)25-15-13-23-12-11-21-7-4-6-10-28(21)32(2)30(23)20-25/h3-13,15,17-20H,14,16H2,1-2H3. The van der Waals surface area contributed by atoms with E-state index in [0.29, 0.717) is 0 Å². The van der Waals surface area contributed by atoms with Crippen LogP contribution in [0, 0.1) is 0 Å². The SMILES string of the molecule is CN1c2ccccc2C=Cc2ccc(-c3ccc4c(c3)CCc3ccccc3N4C)cc21. The van der Waals surface area contributed by atoms with Crippen molar-refractivity contribution >= 4 is 34.9 Å². The Hall–Kier alpha value is -3.78. The molecule has 32 heavy (non-hydrogen) atoms. The molecule has 0 N–H and O–H groups in total. The van der Waals surface area contributed by atoms with Crippen LogP contribution in [-0.4, -0.2) is 14.1 Å². The zero-order valence-electron chi connectivity index (χ0n) is 18.5. The molecule has 0 atom stereocenters. The Morgan fingerprint density at radius 2 is 1.09 bits per heavy atom. The van der Waals surface area contributed by atoms with Crippen molar-refractivity contribution in [1.29, 1.82) is 0 Å². The van der Waals surface area contributed by atoms with Crippen LogP contribution in [0.1, 0.15) is 22.3 Å². The molecular formula is C30H26N2. The molecule has 0 saturated carbocycles. The molecule has 2 aliphatic rings. The summed E-state index contributed by atoms with van der Waals surface area (Å²) < 4.78 is 0. The van der Waals surface area contributed by atoms with Gasteiger partial charge in [-0.15, -0.1) is 0 Å². The number of hydrogen-bond acceptors (Lipinski definition) is 2. The Morgan fingerprint density at radius 3 is 1.97 bits per heavy atom. The lowest BCUT2D eigenvalue weighted by Crippen LogP contribution is -2.11. The minimum atomic E-state index is 1.06. The summed E-state index contributed by atoms with van der Waals surface area (Å²) in [5.74, 6) is 0. The molecule has 2 aliphatic heterocycles. The highest BCUT2D eigenvalue weighted by atomic mass is 15.1. The molecule has 4 aromatic rings. The third-order valence-corrected chi connectivity index (χ3v) is 6.92. The van der Waals surface area contributed by atoms with Crippen LogP contribution in [0.15, 0.2) is 84.9 Å². The zero-order valence-corrected chi connectivity index (χ0v) is 18.5. The maximum atomic E-state index is 2.39. The fourth-order valence-corrected chi connectivity index (χ4v) is 5.14. The maximum Gasteiger partial charge on any atom is 0.0488 e. The summed E-state index contributed by atoms with van der Waals surface area (Å²) in [6, 6.07) is 31.1. The lowest BCUT2D eigenvalue weighted by Gasteiger charge is -2.23. The quantitative estimate of drug-likeness (QED) is 0.319. The highest BCUT2D eigenvalue weighted by molar-refractivity contribution is 5.90. The fraction of sp³-hybridized carbons (Fsp3) is 0.133. The van der Waals surface area contributed by atoms with Gasteiger partial charge in [0.15, 0.2) is 0 Å². The van der Waals surface area contributed by atoms with E-state index in [9.17, 15) is 0 Å². The van der Waals surface area contributed by atoms with Gasteiger partial charge in [-0.3, -0.25) is 0 Å². The highest BCUT2D eigenvalue weighted by Gasteiger charge is 2.19. The van der Waals surface area contributed by atoms with Gasteiger partial charge in [0.2, 0.25) is 0 Å². The van der Waals surface area contributed by atoms with Gasteiger partial charge in [-0.25, -0.2) is 0 Å². The first-order valence-corrected chi connectivity index (χ1v) is 11.3. The van der Waals surface area contributed by atoms with Crippen molar-refractivity contribution in [3.8, 4) is 11.1 Å². The van der Waals surface area contributed by atoms with Crippen molar-refractivity contribution in [2.24, 2.45) is 0 Å². The summed E-state index contributed by atoms with van der Waals surface area (Å²) in [6.45, 7) is 0. The number of para-hydroxylation sites is 2. The predicted octanol–water partition coefficient (Wildman–Crippen LogP) is 7.47. The molecule has 0 saturated heterocycles. The first-order valence-electron chi connectivity index (χ1n) is 11.3. The molecule has 0 fully saturated rings. The van der Waals surface area contributed by atoms with E-state index in [4.69, 9.17) is 0 Å². The first-order chi connectivity index (χ1) is 15.7. The second-order valence-electron chi connectivity index (χ2n) is 8.76. The number of benzene rings is 4. The first kappa shape index (κ1) is 18.9. The number of aryl methyl sites for hydroxylation is 2. The van der Waals surface area contributed by atoms with Gasteiger partial charge < -0.3 is 9.80 Å². The summed E-state index contributed by atoms with van der Waals surface area (Å²) in [6.07, 6.45) is 6.58. The van der Waals surface area contributed by atoms with Crippen molar-refractivity contribution in [3.05, 3.63) is 107 Å². The molecule has 2 heterocycles. The monoisotopic (exact) mass is 414 g/mol. The van der Waals surface area contributed by atoms with Gasteiger partial charge in [-0.2, -0.15) is 0 Å². The molecule has 0 aromatic heterocycles. The minimum absolute atomic E-state index is 1.06. The number of rotatable bonds is 1. The third-order valence-electron chi connectivity index (χ3n) is 6.92. The van der Waals surface area contributed by atoms with Crippen LogP contribution in [-0.2, 0) is 12.8 Å². The zero-order chi connectivity index (χ0) is 21.7. The van der Waals surface area contributed by atoms with Crippen LogP contribution >= 0.6 is 0 Å². The van der Waals surface area contributed by atoms with Crippen LogP contribution in [0.3, 0.4) is 0 Å². The lowest BCUT2D eigenvalue weighted by atomic mass is 9.97. The molecule has 0 radical (unpaired) electrons. The molecule has 0 spiro atoms. The molecule has 0 aliphatic carbocycles. The van der Waals surface area contributed by atoms with Crippen LogP contribution in [0.4, 0.5) is 22.7 Å². The molecule has 0 amide bonds. The highest BCUT2D eigenvalue weighted by Crippen LogP contribution is 2.40. The Labute approximate surface area is 190 Å². The second-order valence-corrected chi connectivity index (χ2v) is 8.76. The Kier molecular flexibility index (Phi) is 4.39. The van der Waals surface area contributed by atoms with E-state index >= 15 is 0 Å². The summed E-state index contributed by atoms with van der Waals surface area (Å²) in [4.78, 5) is 4.65. The molecule has 2 heteroatoms. The molecule has 6 rings (SSSR count). The van der Waals surface area contributed by atoms with E-state index in [1.54, 1.807) is 0 Å². The van der Waals surface area contributed by atoms with Gasteiger partial charge in [-0.1, -0.05) is 66.7 Å². The Balaban J connectivity index is 1.41. The van der Waals surface area contributed by atoms with Crippen LogP contribution < -0.4 is 9.80 Å². The van der Waals surface area contributed by atoms with Crippen molar-refractivity contribution in [2.45, 2.75) is 12.8 Å². The van der Waals surface area contributed by atoms with Gasteiger partial charge in [0, 0.05) is 36.8 Å². The van der Waals surface area contributed by atoms with Gasteiger partial charge in [0.25, 0.3) is 0 Å². The van der Waals surface area contributed by atoms with Crippen LogP contribution in [0.25, 0.3) is 23.3 Å². The van der Waals surface area contributed by atoms with E-state index in [-0.39, 0.29) is 0 Å². The van der Waals surface area contributed by atoms with E-state index in [2.05, 4.69) is 121 Å². The van der Waals surface area contributed by atoms with Gasteiger partial charge >= 0.3 is 0 Å². The van der Waals surface area contributed by atoms with Gasteiger partial charge in [0.1, 0.15) is 0 Å². The third kappa shape index (κ3) is 3.03.